The van der Waals surface area contributed by atoms with Crippen LogP contribution in [0.4, 0.5) is 0 Å². The Labute approximate surface area is 106 Å². The van der Waals surface area contributed by atoms with E-state index in [0.717, 1.165) is 10.9 Å². The molecule has 0 unspecified atom stereocenters. The van der Waals surface area contributed by atoms with Gasteiger partial charge in [0, 0.05) is 18.3 Å². The smallest absolute Gasteiger partial charge is 0.239 e. The topological polar surface area (TPSA) is 57.8 Å². The van der Waals surface area contributed by atoms with E-state index in [-0.39, 0.29) is 12.5 Å². The normalized spacial score (nSPS) is 10.2. The average molecular weight is 241 g/mol. The molecule has 1 aromatic heterocycles. The molecule has 1 N–H and O–H groups in total. The van der Waals surface area contributed by atoms with Gasteiger partial charge in [0.25, 0.3) is 0 Å². The van der Waals surface area contributed by atoms with Crippen LogP contribution in [0.1, 0.15) is 12.0 Å². The molecule has 0 spiro atoms. The quantitative estimate of drug-likeness (QED) is 0.832. The van der Waals surface area contributed by atoms with Crippen molar-refractivity contribution >= 4 is 16.8 Å². The maximum atomic E-state index is 11.7. The third-order valence-electron chi connectivity index (χ3n) is 2.80. The van der Waals surface area contributed by atoms with Crippen LogP contribution in [0.5, 0.6) is 0 Å². The summed E-state index contributed by atoms with van der Waals surface area (Å²) in [6.07, 6.45) is 2.26. The van der Waals surface area contributed by atoms with E-state index >= 15 is 0 Å². The maximum absolute atomic E-state index is 11.7. The fourth-order valence-electron chi connectivity index (χ4n) is 1.93. The zero-order chi connectivity index (χ0) is 13.0. The van der Waals surface area contributed by atoms with Crippen molar-refractivity contribution in [1.29, 1.82) is 5.26 Å². The highest BCUT2D eigenvalue weighted by molar-refractivity contribution is 5.83. The molecule has 0 aliphatic heterocycles. The summed E-state index contributed by atoms with van der Waals surface area (Å²) >= 11 is 0. The van der Waals surface area contributed by atoms with Crippen LogP contribution in [0.15, 0.2) is 30.5 Å². The summed E-state index contributed by atoms with van der Waals surface area (Å²) in [5, 5.41) is 12.3. The molecule has 1 aromatic carbocycles. The summed E-state index contributed by atoms with van der Waals surface area (Å²) in [5.41, 5.74) is 2.26. The summed E-state index contributed by atoms with van der Waals surface area (Å²) in [5.74, 6) is -0.0664. The number of aryl methyl sites for hydroxylation is 1. The molecule has 4 heteroatoms. The Bertz CT molecular complexity index is 607. The molecule has 0 bridgehead atoms. The van der Waals surface area contributed by atoms with Crippen LogP contribution in [0.3, 0.4) is 0 Å². The van der Waals surface area contributed by atoms with E-state index in [1.807, 2.05) is 42.0 Å². The number of amides is 1. The Morgan fingerprint density at radius 1 is 1.44 bits per heavy atom. The van der Waals surface area contributed by atoms with Crippen LogP contribution in [-0.2, 0) is 11.3 Å². The molecule has 1 heterocycles. The van der Waals surface area contributed by atoms with Gasteiger partial charge in [-0.05, 0) is 30.5 Å². The maximum Gasteiger partial charge on any atom is 0.239 e. The van der Waals surface area contributed by atoms with Gasteiger partial charge in [-0.25, -0.2) is 0 Å². The molecule has 1 amide bonds. The molecule has 0 fully saturated rings. The van der Waals surface area contributed by atoms with Crippen molar-refractivity contribution in [3.8, 4) is 6.07 Å². The van der Waals surface area contributed by atoms with Crippen molar-refractivity contribution in [2.24, 2.45) is 0 Å². The molecule has 0 saturated carbocycles. The minimum Gasteiger partial charge on any atom is -0.354 e. The molecule has 0 radical (unpaired) electrons. The largest absolute Gasteiger partial charge is 0.354 e. The number of aromatic nitrogens is 1. The molecular weight excluding hydrogens is 226 g/mol. The van der Waals surface area contributed by atoms with Crippen molar-refractivity contribution in [3.05, 3.63) is 36.0 Å². The molecule has 0 atom stereocenters. The number of nitrogens with zero attached hydrogens (tertiary/aromatic N) is 2. The molecule has 0 aliphatic rings. The van der Waals surface area contributed by atoms with Crippen molar-refractivity contribution < 1.29 is 4.79 Å². The van der Waals surface area contributed by atoms with Gasteiger partial charge in [0.2, 0.25) is 5.91 Å². The Kier molecular flexibility index (Phi) is 3.63. The zero-order valence-electron chi connectivity index (χ0n) is 10.3. The molecule has 0 aliphatic carbocycles. The van der Waals surface area contributed by atoms with Crippen LogP contribution < -0.4 is 5.32 Å². The molecule has 18 heavy (non-hydrogen) atoms. The highest BCUT2D eigenvalue weighted by Crippen LogP contribution is 2.17. The first-order chi connectivity index (χ1) is 8.70. The summed E-state index contributed by atoms with van der Waals surface area (Å²) in [4.78, 5) is 11.7. The minimum absolute atomic E-state index is 0.0664. The SMILES string of the molecule is Cc1ccc2c(ccn2CC(=O)NCCC#N)c1. The van der Waals surface area contributed by atoms with Gasteiger partial charge < -0.3 is 9.88 Å². The number of carbonyl (C=O) groups is 1. The number of nitriles is 1. The van der Waals surface area contributed by atoms with E-state index in [9.17, 15) is 4.79 Å². The number of benzene rings is 1. The van der Waals surface area contributed by atoms with Gasteiger partial charge in [-0.1, -0.05) is 11.6 Å². The van der Waals surface area contributed by atoms with Gasteiger partial charge >= 0.3 is 0 Å². The highest BCUT2D eigenvalue weighted by atomic mass is 16.1. The number of hydrogen-bond acceptors (Lipinski definition) is 2. The zero-order valence-corrected chi connectivity index (χ0v) is 10.3. The number of nitrogens with one attached hydrogen (secondary N) is 1. The van der Waals surface area contributed by atoms with Crippen LogP contribution in [0.2, 0.25) is 0 Å². The number of fused-ring (bicyclic) bond motifs is 1. The van der Waals surface area contributed by atoms with E-state index < -0.39 is 0 Å². The van der Waals surface area contributed by atoms with Gasteiger partial charge in [-0.15, -0.1) is 0 Å². The standard InChI is InChI=1S/C14H15N3O/c1-11-3-4-13-12(9-11)5-8-17(13)10-14(18)16-7-2-6-15/h3-5,8-9H,2,7,10H2,1H3,(H,16,18). The molecule has 2 aromatic rings. The van der Waals surface area contributed by atoms with Crippen LogP contribution in [0.25, 0.3) is 10.9 Å². The van der Waals surface area contributed by atoms with E-state index in [0.29, 0.717) is 13.0 Å². The number of carbonyl (C=O) groups excluding carboxylic acids is 1. The van der Waals surface area contributed by atoms with Gasteiger partial charge in [-0.2, -0.15) is 5.26 Å². The monoisotopic (exact) mass is 241 g/mol. The first-order valence-corrected chi connectivity index (χ1v) is 5.90. The molecular formula is C14H15N3O. The third-order valence-corrected chi connectivity index (χ3v) is 2.80. The van der Waals surface area contributed by atoms with Gasteiger partial charge in [0.1, 0.15) is 6.54 Å². The van der Waals surface area contributed by atoms with E-state index in [2.05, 4.69) is 11.4 Å². The first-order valence-electron chi connectivity index (χ1n) is 5.90. The van der Waals surface area contributed by atoms with Crippen molar-refractivity contribution in [1.82, 2.24) is 9.88 Å². The molecule has 92 valence electrons. The van der Waals surface area contributed by atoms with Crippen molar-refractivity contribution in [2.45, 2.75) is 19.9 Å². The van der Waals surface area contributed by atoms with E-state index in [1.54, 1.807) is 0 Å². The summed E-state index contributed by atoms with van der Waals surface area (Å²) in [6.45, 7) is 2.75. The van der Waals surface area contributed by atoms with Gasteiger partial charge in [-0.3, -0.25) is 4.79 Å². The summed E-state index contributed by atoms with van der Waals surface area (Å²) < 4.78 is 1.91. The highest BCUT2D eigenvalue weighted by Gasteiger charge is 2.05. The van der Waals surface area contributed by atoms with Crippen LogP contribution in [0, 0.1) is 18.3 Å². The van der Waals surface area contributed by atoms with Crippen molar-refractivity contribution in [2.75, 3.05) is 6.54 Å². The lowest BCUT2D eigenvalue weighted by Gasteiger charge is -2.06. The lowest BCUT2D eigenvalue weighted by Crippen LogP contribution is -2.27. The fraction of sp³-hybridized carbons (Fsp3) is 0.286. The lowest BCUT2D eigenvalue weighted by molar-refractivity contribution is -0.121. The average Bonchev–Trinajstić information content (AvgIpc) is 2.72. The second-order valence-corrected chi connectivity index (χ2v) is 4.26. The van der Waals surface area contributed by atoms with Gasteiger partial charge in [0.15, 0.2) is 0 Å². The Balaban J connectivity index is 2.08. The minimum atomic E-state index is -0.0664. The third kappa shape index (κ3) is 2.69. The second kappa shape index (κ2) is 5.37. The van der Waals surface area contributed by atoms with Crippen LogP contribution in [-0.4, -0.2) is 17.0 Å². The Morgan fingerprint density at radius 2 is 2.28 bits per heavy atom. The predicted molar refractivity (Wildman–Crippen MR) is 69.9 cm³/mol. The second-order valence-electron chi connectivity index (χ2n) is 4.26. The lowest BCUT2D eigenvalue weighted by atomic mass is 10.2. The summed E-state index contributed by atoms with van der Waals surface area (Å²) in [7, 11) is 0. The molecule has 2 rings (SSSR count). The first kappa shape index (κ1) is 12.2. The molecule has 0 saturated heterocycles. The summed E-state index contributed by atoms with van der Waals surface area (Å²) in [6, 6.07) is 10.2. The molecule has 4 nitrogen and oxygen atoms in total. The van der Waals surface area contributed by atoms with Gasteiger partial charge in [0.05, 0.1) is 12.5 Å². The predicted octanol–water partition coefficient (Wildman–Crippen LogP) is 1.98. The van der Waals surface area contributed by atoms with Crippen LogP contribution >= 0.6 is 0 Å². The number of rotatable bonds is 4. The van der Waals surface area contributed by atoms with E-state index in [1.165, 1.54) is 5.56 Å². The Hall–Kier alpha value is -2.28. The fourth-order valence-corrected chi connectivity index (χ4v) is 1.93. The number of hydrogen-bond donors (Lipinski definition) is 1. The van der Waals surface area contributed by atoms with Crippen molar-refractivity contribution in [3.63, 3.8) is 0 Å². The Morgan fingerprint density at radius 3 is 3.06 bits per heavy atom. The van der Waals surface area contributed by atoms with E-state index in [4.69, 9.17) is 5.26 Å².